The van der Waals surface area contributed by atoms with E-state index in [2.05, 4.69) is 0 Å². The number of ether oxygens (including phenoxy) is 11. The van der Waals surface area contributed by atoms with E-state index in [4.69, 9.17) is 52.1 Å². The van der Waals surface area contributed by atoms with Crippen molar-refractivity contribution in [2.75, 3.05) is 39.6 Å². The lowest BCUT2D eigenvalue weighted by atomic mass is 9.96. The van der Waals surface area contributed by atoms with E-state index in [9.17, 15) is 102 Å². The average molecular weight is 991 g/mol. The number of rotatable bonds is 16. The lowest BCUT2D eigenvalue weighted by molar-refractivity contribution is -0.388. The molecule has 20 N–H and O–H groups in total. The maximum Gasteiger partial charge on any atom is 0.189 e. The fourth-order valence-electron chi connectivity index (χ4n) is 8.23. The van der Waals surface area contributed by atoms with Crippen LogP contribution < -0.4 is 0 Å². The van der Waals surface area contributed by atoms with Crippen LogP contribution in [0.15, 0.2) is 0 Å². The normalized spacial score (nSPS) is 53.4. The second kappa shape index (κ2) is 23.5. The standard InChI is InChI=1S/C36H62O31/c37-1-7-13(41)17(45)23(51)33(59-7)65-29-9(3-39)61-31(27(55)21(29)49)57-5-11-15(43)19(47)25(53)35(63-11)67-36-26(54)20(48)16(44)12(64-36)6-58-32-28(56)22(50)30(10(4-40)62-32)66-34-24(52)18(46)14(42)8(2-38)60-34/h7-56H,1-6H2/t7-,8-,9-,10-,11-,12-,13-,14-,15-,16-,17+,18+,19+,20+,21-,22-,23-,24-,25-,26-,27-,28-,29-,30-,31-,32-,33-,34-,35-,36-/m1/s1. The zero-order valence-electron chi connectivity index (χ0n) is 35.0. The first kappa shape index (κ1) is 55.1. The van der Waals surface area contributed by atoms with Crippen LogP contribution in [0.25, 0.3) is 0 Å². The maximum atomic E-state index is 10.9. The summed E-state index contributed by atoms with van der Waals surface area (Å²) in [7, 11) is 0. The van der Waals surface area contributed by atoms with Crippen LogP contribution in [0.5, 0.6) is 0 Å². The van der Waals surface area contributed by atoms with Crippen molar-refractivity contribution < 1.29 is 154 Å². The summed E-state index contributed by atoms with van der Waals surface area (Å²) in [5, 5.41) is 208. The molecule has 0 aromatic carbocycles. The van der Waals surface area contributed by atoms with Crippen LogP contribution in [-0.2, 0) is 52.1 Å². The van der Waals surface area contributed by atoms with Gasteiger partial charge in [-0.25, -0.2) is 0 Å². The van der Waals surface area contributed by atoms with Crippen LogP contribution in [0.2, 0.25) is 0 Å². The summed E-state index contributed by atoms with van der Waals surface area (Å²) < 4.78 is 60.3. The van der Waals surface area contributed by atoms with Crippen LogP contribution >= 0.6 is 0 Å². The Hall–Kier alpha value is -1.24. The van der Waals surface area contributed by atoms with Crippen LogP contribution in [0.1, 0.15) is 0 Å². The highest BCUT2D eigenvalue weighted by Gasteiger charge is 2.55. The van der Waals surface area contributed by atoms with E-state index in [-0.39, 0.29) is 0 Å². The summed E-state index contributed by atoms with van der Waals surface area (Å²) in [5.74, 6) is 0. The molecule has 0 spiro atoms. The smallest absolute Gasteiger partial charge is 0.189 e. The van der Waals surface area contributed by atoms with Crippen LogP contribution in [0, 0.1) is 0 Å². The Morgan fingerprint density at radius 3 is 0.776 bits per heavy atom. The fourth-order valence-corrected chi connectivity index (χ4v) is 8.23. The van der Waals surface area contributed by atoms with Gasteiger partial charge in [0.15, 0.2) is 37.7 Å². The first-order valence-corrected chi connectivity index (χ1v) is 21.1. The average Bonchev–Trinajstić information content (AvgIpc) is 3.32. The lowest BCUT2D eigenvalue weighted by Gasteiger charge is -2.47. The molecule has 0 aromatic heterocycles. The van der Waals surface area contributed by atoms with Gasteiger partial charge in [-0.3, -0.25) is 0 Å². The van der Waals surface area contributed by atoms with Gasteiger partial charge in [0.2, 0.25) is 0 Å². The Labute approximate surface area is 378 Å². The number of hydrogen-bond donors (Lipinski definition) is 20. The Balaban J connectivity index is 1.04. The molecular formula is C36H62O31. The minimum atomic E-state index is -2.11. The predicted octanol–water partition coefficient (Wildman–Crippen LogP) is -14.1. The molecule has 67 heavy (non-hydrogen) atoms. The van der Waals surface area contributed by atoms with Crippen molar-refractivity contribution in [1.29, 1.82) is 0 Å². The van der Waals surface area contributed by atoms with E-state index in [1.165, 1.54) is 0 Å². The molecule has 6 saturated heterocycles. The molecule has 0 unspecified atom stereocenters. The molecule has 0 amide bonds. The van der Waals surface area contributed by atoms with Gasteiger partial charge in [-0.15, -0.1) is 0 Å². The van der Waals surface area contributed by atoms with E-state index >= 15 is 0 Å². The monoisotopic (exact) mass is 990 g/mol. The van der Waals surface area contributed by atoms with Gasteiger partial charge >= 0.3 is 0 Å². The highest BCUT2D eigenvalue weighted by Crippen LogP contribution is 2.34. The Morgan fingerprint density at radius 1 is 0.239 bits per heavy atom. The van der Waals surface area contributed by atoms with Crippen LogP contribution in [-0.4, -0.2) is 326 Å². The molecular weight excluding hydrogens is 928 g/mol. The molecule has 6 rings (SSSR count). The summed E-state index contributed by atoms with van der Waals surface area (Å²) in [6.45, 7) is -5.15. The Bertz CT molecular complexity index is 1400. The summed E-state index contributed by atoms with van der Waals surface area (Å²) in [6.07, 6.45) is -55.5. The zero-order chi connectivity index (χ0) is 49.3. The van der Waals surface area contributed by atoms with Crippen molar-refractivity contribution in [3.63, 3.8) is 0 Å². The van der Waals surface area contributed by atoms with Gasteiger partial charge in [0.1, 0.15) is 146 Å². The van der Waals surface area contributed by atoms with Crippen molar-refractivity contribution in [1.82, 2.24) is 0 Å². The van der Waals surface area contributed by atoms with Crippen molar-refractivity contribution >= 4 is 0 Å². The molecule has 6 aliphatic heterocycles. The molecule has 31 heteroatoms. The molecule has 6 fully saturated rings. The molecule has 0 aliphatic carbocycles. The summed E-state index contributed by atoms with van der Waals surface area (Å²) in [4.78, 5) is 0. The molecule has 30 atom stereocenters. The summed E-state index contributed by atoms with van der Waals surface area (Å²) >= 11 is 0. The molecule has 392 valence electrons. The van der Waals surface area contributed by atoms with Crippen molar-refractivity contribution in [2.45, 2.75) is 184 Å². The molecule has 6 aliphatic rings. The summed E-state index contributed by atoms with van der Waals surface area (Å²) in [6, 6.07) is 0. The molecule has 0 aromatic rings. The second-order valence-electron chi connectivity index (χ2n) is 16.8. The van der Waals surface area contributed by atoms with E-state index in [1.54, 1.807) is 0 Å². The largest absolute Gasteiger partial charge is 0.394 e. The van der Waals surface area contributed by atoms with E-state index in [1.807, 2.05) is 0 Å². The fraction of sp³-hybridized carbons (Fsp3) is 1.00. The van der Waals surface area contributed by atoms with Crippen LogP contribution in [0.3, 0.4) is 0 Å². The Kier molecular flexibility index (Phi) is 19.4. The molecule has 6 heterocycles. The van der Waals surface area contributed by atoms with Gasteiger partial charge in [0.05, 0.1) is 39.6 Å². The van der Waals surface area contributed by atoms with Crippen LogP contribution in [0.4, 0.5) is 0 Å². The predicted molar refractivity (Wildman–Crippen MR) is 199 cm³/mol. The third-order valence-electron chi connectivity index (χ3n) is 12.4. The summed E-state index contributed by atoms with van der Waals surface area (Å²) in [5.41, 5.74) is 0. The van der Waals surface area contributed by atoms with E-state index in [0.29, 0.717) is 0 Å². The molecule has 0 bridgehead atoms. The number of aliphatic hydroxyl groups is 20. The first-order valence-electron chi connectivity index (χ1n) is 21.1. The van der Waals surface area contributed by atoms with Gasteiger partial charge in [-0.1, -0.05) is 0 Å². The SMILES string of the molecule is OC[C@H]1O[C@H](O[C@H]2[C@H](O)[C@@H](O)[C@H](OC[C@H]3O[C@H](O[C@H]4O[C@H](CO[C@@H]5O[C@H](CO)[C@@H](O[C@H]6O[C@H](CO)[C@@H](O)[C@H](O)[C@H]6O)[C@H](O)[C@H]5O)[C@@H](O)[C@H](O)[C@H]4O)[C@H](O)[C@@H](O)[C@@H]3O)O[C@@H]2CO)[C@H](O)[C@@H](O)[C@@H]1O. The number of hydrogen-bond acceptors (Lipinski definition) is 31. The number of aliphatic hydroxyl groups excluding tert-OH is 20. The van der Waals surface area contributed by atoms with E-state index in [0.717, 1.165) is 0 Å². The third kappa shape index (κ3) is 11.5. The van der Waals surface area contributed by atoms with Crippen molar-refractivity contribution in [3.05, 3.63) is 0 Å². The quantitative estimate of drug-likeness (QED) is 0.0683. The third-order valence-corrected chi connectivity index (χ3v) is 12.4. The minimum absolute atomic E-state index is 0.818. The highest BCUT2D eigenvalue weighted by atomic mass is 16.8. The topological polar surface area (TPSA) is 506 Å². The van der Waals surface area contributed by atoms with Gasteiger partial charge < -0.3 is 154 Å². The lowest BCUT2D eigenvalue weighted by Crippen LogP contribution is -2.66. The van der Waals surface area contributed by atoms with E-state index < -0.39 is 224 Å². The zero-order valence-corrected chi connectivity index (χ0v) is 35.0. The van der Waals surface area contributed by atoms with Gasteiger partial charge in [-0.2, -0.15) is 0 Å². The molecule has 31 nitrogen and oxygen atoms in total. The first-order chi connectivity index (χ1) is 31.7. The van der Waals surface area contributed by atoms with Gasteiger partial charge in [-0.05, 0) is 0 Å². The molecule has 0 saturated carbocycles. The van der Waals surface area contributed by atoms with Crippen molar-refractivity contribution in [2.24, 2.45) is 0 Å². The van der Waals surface area contributed by atoms with Crippen molar-refractivity contribution in [3.8, 4) is 0 Å². The Morgan fingerprint density at radius 2 is 0.478 bits per heavy atom. The minimum Gasteiger partial charge on any atom is -0.394 e. The van der Waals surface area contributed by atoms with Gasteiger partial charge in [0.25, 0.3) is 0 Å². The maximum absolute atomic E-state index is 10.9. The van der Waals surface area contributed by atoms with Gasteiger partial charge in [0, 0.05) is 0 Å². The molecule has 0 radical (unpaired) electrons. The second-order valence-corrected chi connectivity index (χ2v) is 16.8. The highest BCUT2D eigenvalue weighted by molar-refractivity contribution is 4.98.